The summed E-state index contributed by atoms with van der Waals surface area (Å²) in [6.45, 7) is 6.07. The van der Waals surface area contributed by atoms with Crippen molar-refractivity contribution in [2.75, 3.05) is 12.8 Å². The van der Waals surface area contributed by atoms with Gasteiger partial charge < -0.3 is 9.84 Å². The van der Waals surface area contributed by atoms with Crippen LogP contribution in [0.4, 0.5) is 0 Å². The van der Waals surface area contributed by atoms with Crippen LogP contribution in [0.2, 0.25) is 0 Å². The maximum Gasteiger partial charge on any atom is 0.211 e. The van der Waals surface area contributed by atoms with E-state index in [-0.39, 0.29) is 11.8 Å². The molecule has 1 aromatic carbocycles. The van der Waals surface area contributed by atoms with Gasteiger partial charge in [-0.3, -0.25) is 0 Å². The van der Waals surface area contributed by atoms with Gasteiger partial charge in [-0.1, -0.05) is 6.92 Å². The number of ether oxygens (including phenoxy) is 1. The summed E-state index contributed by atoms with van der Waals surface area (Å²) in [7, 11) is -3.32. The van der Waals surface area contributed by atoms with Crippen LogP contribution in [-0.2, 0) is 10.0 Å². The highest BCUT2D eigenvalue weighted by Crippen LogP contribution is 2.44. The Morgan fingerprint density at radius 2 is 2.10 bits per heavy atom. The first-order valence-corrected chi connectivity index (χ1v) is 8.47. The number of hydrogen-bond donors (Lipinski definition) is 1. The number of rotatable bonds is 3. The summed E-state index contributed by atoms with van der Waals surface area (Å²) in [4.78, 5) is 0. The van der Waals surface area contributed by atoms with E-state index in [2.05, 4.69) is 0 Å². The highest BCUT2D eigenvalue weighted by molar-refractivity contribution is 7.88. The first-order chi connectivity index (χ1) is 9.14. The van der Waals surface area contributed by atoms with Crippen LogP contribution >= 0.6 is 0 Å². The normalized spacial score (nSPS) is 21.4. The molecule has 0 aromatic heterocycles. The molecule has 0 aliphatic carbocycles. The molecule has 5 nitrogen and oxygen atoms in total. The quantitative estimate of drug-likeness (QED) is 0.930. The zero-order valence-corrected chi connectivity index (χ0v) is 13.1. The molecular weight excluding hydrogens is 278 g/mol. The van der Waals surface area contributed by atoms with E-state index in [9.17, 15) is 13.5 Å². The second-order valence-electron chi connectivity index (χ2n) is 5.77. The van der Waals surface area contributed by atoms with Crippen molar-refractivity contribution in [3.8, 4) is 11.5 Å². The summed E-state index contributed by atoms with van der Waals surface area (Å²) in [5.74, 6) is 0.743. The number of phenolic OH excluding ortho intramolecular Hbond substituents is 1. The van der Waals surface area contributed by atoms with Crippen LogP contribution in [0.1, 0.15) is 38.8 Å². The van der Waals surface area contributed by atoms with Crippen LogP contribution < -0.4 is 4.74 Å². The molecule has 0 spiro atoms. The molecule has 0 saturated carbocycles. The van der Waals surface area contributed by atoms with Crippen LogP contribution in [0, 0.1) is 0 Å². The number of nitrogens with zero attached hydrogens (tertiary/aromatic N) is 1. The summed E-state index contributed by atoms with van der Waals surface area (Å²) in [6, 6.07) is 4.51. The van der Waals surface area contributed by atoms with Crippen LogP contribution in [-0.4, -0.2) is 36.2 Å². The summed E-state index contributed by atoms with van der Waals surface area (Å²) >= 11 is 0. The Bertz CT molecular complexity index is 610. The van der Waals surface area contributed by atoms with Gasteiger partial charge in [0, 0.05) is 18.5 Å². The second kappa shape index (κ2) is 4.93. The molecule has 1 aliphatic rings. The zero-order chi connectivity index (χ0) is 15.1. The summed E-state index contributed by atoms with van der Waals surface area (Å²) in [5.41, 5.74) is 0.267. The summed E-state index contributed by atoms with van der Waals surface area (Å²) in [5, 5.41) is 9.67. The number of benzene rings is 1. The highest BCUT2D eigenvalue weighted by atomic mass is 32.2. The van der Waals surface area contributed by atoms with E-state index in [1.807, 2.05) is 20.8 Å². The third-order valence-corrected chi connectivity index (χ3v) is 4.87. The lowest BCUT2D eigenvalue weighted by Crippen LogP contribution is -2.43. The lowest BCUT2D eigenvalue weighted by molar-refractivity contribution is 0.0510. The average molecular weight is 299 g/mol. The summed E-state index contributed by atoms with van der Waals surface area (Å²) < 4.78 is 31.3. The maximum atomic E-state index is 12.0. The number of hydrogen-bond acceptors (Lipinski definition) is 4. The molecule has 0 saturated heterocycles. The minimum Gasteiger partial charge on any atom is -0.508 e. The van der Waals surface area contributed by atoms with Gasteiger partial charge in [0.1, 0.15) is 17.1 Å². The Morgan fingerprint density at radius 3 is 2.65 bits per heavy atom. The second-order valence-corrected chi connectivity index (χ2v) is 7.71. The molecule has 1 heterocycles. The Balaban J connectivity index is 2.56. The smallest absolute Gasteiger partial charge is 0.211 e. The van der Waals surface area contributed by atoms with Gasteiger partial charge in [0.15, 0.2) is 0 Å². The van der Waals surface area contributed by atoms with Crippen molar-refractivity contribution in [3.05, 3.63) is 23.8 Å². The minimum absolute atomic E-state index is 0.113. The Labute approximate surface area is 120 Å². The summed E-state index contributed by atoms with van der Waals surface area (Å²) in [6.07, 6.45) is 1.76. The molecule has 1 unspecified atom stereocenters. The largest absolute Gasteiger partial charge is 0.508 e. The fourth-order valence-corrected chi connectivity index (χ4v) is 3.87. The van der Waals surface area contributed by atoms with E-state index in [0.717, 1.165) is 5.56 Å². The third kappa shape index (κ3) is 2.91. The predicted octanol–water partition coefficient (Wildman–Crippen LogP) is 2.28. The number of aromatic hydroxyl groups is 1. The molecule has 1 atom stereocenters. The van der Waals surface area contributed by atoms with Crippen molar-refractivity contribution in [3.63, 3.8) is 0 Å². The monoisotopic (exact) mass is 299 g/mol. The Hall–Kier alpha value is -1.27. The van der Waals surface area contributed by atoms with Crippen molar-refractivity contribution < 1.29 is 18.3 Å². The van der Waals surface area contributed by atoms with Crippen molar-refractivity contribution in [2.45, 2.75) is 38.8 Å². The van der Waals surface area contributed by atoms with Crippen LogP contribution in [0.15, 0.2) is 18.2 Å². The van der Waals surface area contributed by atoms with Gasteiger partial charge in [-0.25, -0.2) is 8.42 Å². The molecule has 112 valence electrons. The first kappa shape index (κ1) is 15.1. The average Bonchev–Trinajstić information content (AvgIpc) is 2.28. The third-order valence-electron chi connectivity index (χ3n) is 3.51. The minimum atomic E-state index is -3.32. The van der Waals surface area contributed by atoms with E-state index in [4.69, 9.17) is 4.74 Å². The van der Waals surface area contributed by atoms with Crippen molar-refractivity contribution in [2.24, 2.45) is 0 Å². The van der Waals surface area contributed by atoms with E-state index < -0.39 is 15.6 Å². The van der Waals surface area contributed by atoms with Gasteiger partial charge in [-0.15, -0.1) is 0 Å². The molecule has 1 aliphatic heterocycles. The molecule has 20 heavy (non-hydrogen) atoms. The molecular formula is C14H21NO4S. The van der Waals surface area contributed by atoms with Crippen molar-refractivity contribution >= 4 is 10.0 Å². The maximum absolute atomic E-state index is 12.0. The van der Waals surface area contributed by atoms with E-state index in [1.165, 1.54) is 10.6 Å². The lowest BCUT2D eigenvalue weighted by atomic mass is 9.89. The van der Waals surface area contributed by atoms with Crippen LogP contribution in [0.3, 0.4) is 0 Å². The Morgan fingerprint density at radius 1 is 1.45 bits per heavy atom. The van der Waals surface area contributed by atoms with Gasteiger partial charge in [-0.05, 0) is 32.0 Å². The van der Waals surface area contributed by atoms with Gasteiger partial charge in [0.05, 0.1) is 12.3 Å². The fraction of sp³-hybridized carbons (Fsp3) is 0.571. The zero-order valence-electron chi connectivity index (χ0n) is 12.3. The first-order valence-electron chi connectivity index (χ1n) is 6.63. The van der Waals surface area contributed by atoms with Gasteiger partial charge in [0.2, 0.25) is 10.0 Å². The van der Waals surface area contributed by atoms with Crippen molar-refractivity contribution in [1.82, 2.24) is 4.31 Å². The number of phenols is 1. The van der Waals surface area contributed by atoms with Crippen molar-refractivity contribution in [1.29, 1.82) is 0 Å². The topological polar surface area (TPSA) is 66.8 Å². The molecule has 0 bridgehead atoms. The SMILES string of the molecule is CCN(C1CC(C)(C)Oc2ccc(O)cc21)S(C)(=O)=O. The van der Waals surface area contributed by atoms with Crippen LogP contribution in [0.5, 0.6) is 11.5 Å². The molecule has 0 amide bonds. The molecule has 2 rings (SSSR count). The molecule has 1 aromatic rings. The molecule has 1 N–H and O–H groups in total. The van der Waals surface area contributed by atoms with E-state index in [1.54, 1.807) is 18.2 Å². The Kier molecular flexibility index (Phi) is 3.73. The van der Waals surface area contributed by atoms with E-state index >= 15 is 0 Å². The van der Waals surface area contributed by atoms with Crippen LogP contribution in [0.25, 0.3) is 0 Å². The molecule has 0 radical (unpaired) electrons. The standard InChI is InChI=1S/C14H21NO4S/c1-5-15(20(4,17)18)12-9-14(2,3)19-13-7-6-10(16)8-11(12)13/h6-8,12,16H,5,9H2,1-4H3. The number of fused-ring (bicyclic) bond motifs is 1. The number of sulfonamides is 1. The lowest BCUT2D eigenvalue weighted by Gasteiger charge is -2.41. The molecule has 6 heteroatoms. The van der Waals surface area contributed by atoms with E-state index in [0.29, 0.717) is 18.7 Å². The molecule has 0 fully saturated rings. The van der Waals surface area contributed by atoms with Gasteiger partial charge in [0.25, 0.3) is 0 Å². The van der Waals surface area contributed by atoms with Gasteiger partial charge >= 0.3 is 0 Å². The highest BCUT2D eigenvalue weighted by Gasteiger charge is 2.39. The fourth-order valence-electron chi connectivity index (χ4n) is 2.75. The predicted molar refractivity (Wildman–Crippen MR) is 77.4 cm³/mol. The van der Waals surface area contributed by atoms with Gasteiger partial charge in [-0.2, -0.15) is 4.31 Å².